The molecule has 0 fully saturated rings. The van der Waals surface area contributed by atoms with Crippen molar-refractivity contribution in [2.24, 2.45) is 0 Å². The number of hydrogen-bond donors (Lipinski definition) is 1. The molecule has 2 aromatic rings. The Balaban J connectivity index is 2.04. The lowest BCUT2D eigenvalue weighted by Gasteiger charge is -2.18. The number of carbonyl (C=O) groups is 2. The first-order chi connectivity index (χ1) is 10.5. The topological polar surface area (TPSA) is 57.6 Å². The van der Waals surface area contributed by atoms with Crippen molar-refractivity contribution < 1.29 is 19.1 Å². The van der Waals surface area contributed by atoms with Crippen LogP contribution in [0.3, 0.4) is 0 Å². The molecule has 2 aromatic carbocycles. The van der Waals surface area contributed by atoms with Crippen molar-refractivity contribution in [3.63, 3.8) is 0 Å². The number of carboxylic acid groups (broad SMARTS) is 1. The van der Waals surface area contributed by atoms with E-state index < -0.39 is 23.6 Å². The standard InChI is InChI=1S/C16H11ClFNO3/c17-14-10(5-3-6-12(14)18)15(20)19-8-11(16(21)22)9-4-1-2-7-13(9)19/h1-7,11H,8H2,(H,21,22)/t11-/m0/s1. The maximum Gasteiger partial charge on any atom is 0.312 e. The molecule has 0 aromatic heterocycles. The number of halogens is 2. The predicted octanol–water partition coefficient (Wildman–Crippen LogP) is 3.31. The Hall–Kier alpha value is -2.40. The Labute approximate surface area is 130 Å². The minimum absolute atomic E-state index is 0.000353. The molecule has 1 amide bonds. The second-order valence-corrected chi connectivity index (χ2v) is 5.34. The SMILES string of the molecule is O=C(O)[C@H]1CN(C(=O)c2cccc(F)c2Cl)c2ccccc21. The van der Waals surface area contributed by atoms with Crippen LogP contribution in [0.1, 0.15) is 21.8 Å². The van der Waals surface area contributed by atoms with Crippen molar-refractivity contribution in [1.29, 1.82) is 0 Å². The number of nitrogens with zero attached hydrogens (tertiary/aromatic N) is 1. The van der Waals surface area contributed by atoms with Crippen LogP contribution in [-0.2, 0) is 4.79 Å². The van der Waals surface area contributed by atoms with E-state index in [9.17, 15) is 19.1 Å². The summed E-state index contributed by atoms with van der Waals surface area (Å²) in [5.74, 6) is -3.00. The van der Waals surface area contributed by atoms with Crippen molar-refractivity contribution in [2.45, 2.75) is 5.92 Å². The Morgan fingerprint density at radius 2 is 1.91 bits per heavy atom. The fourth-order valence-corrected chi connectivity index (χ4v) is 2.83. The van der Waals surface area contributed by atoms with E-state index in [2.05, 4.69) is 0 Å². The smallest absolute Gasteiger partial charge is 0.312 e. The summed E-state index contributed by atoms with van der Waals surface area (Å²) >= 11 is 5.85. The number of rotatable bonds is 2. The zero-order valence-corrected chi connectivity index (χ0v) is 12.0. The normalized spacial score (nSPS) is 16.5. The average Bonchev–Trinajstić information content (AvgIpc) is 2.89. The Morgan fingerprint density at radius 3 is 2.64 bits per heavy atom. The maximum absolute atomic E-state index is 13.5. The monoisotopic (exact) mass is 319 g/mol. The molecule has 1 N–H and O–H groups in total. The molecule has 0 unspecified atom stereocenters. The summed E-state index contributed by atoms with van der Waals surface area (Å²) < 4.78 is 13.5. The third kappa shape index (κ3) is 2.23. The van der Waals surface area contributed by atoms with Crippen molar-refractivity contribution in [3.05, 3.63) is 64.4 Å². The zero-order chi connectivity index (χ0) is 15.9. The van der Waals surface area contributed by atoms with Gasteiger partial charge in [0.1, 0.15) is 11.7 Å². The van der Waals surface area contributed by atoms with Crippen molar-refractivity contribution in [1.82, 2.24) is 0 Å². The van der Waals surface area contributed by atoms with E-state index in [4.69, 9.17) is 11.6 Å². The number of carbonyl (C=O) groups excluding carboxylic acids is 1. The first-order valence-corrected chi connectivity index (χ1v) is 6.96. The van der Waals surface area contributed by atoms with Crippen molar-refractivity contribution in [2.75, 3.05) is 11.4 Å². The van der Waals surface area contributed by atoms with Gasteiger partial charge in [0, 0.05) is 12.2 Å². The number of aliphatic carboxylic acids is 1. The highest BCUT2D eigenvalue weighted by molar-refractivity contribution is 6.34. The third-order valence-corrected chi connectivity index (χ3v) is 4.08. The molecule has 0 saturated carbocycles. The molecule has 1 heterocycles. The van der Waals surface area contributed by atoms with Gasteiger partial charge in [0.2, 0.25) is 0 Å². The molecular formula is C16H11ClFNO3. The number of para-hydroxylation sites is 1. The summed E-state index contributed by atoms with van der Waals surface area (Å²) in [7, 11) is 0. The van der Waals surface area contributed by atoms with Crippen molar-refractivity contribution >= 4 is 29.2 Å². The van der Waals surface area contributed by atoms with Gasteiger partial charge in [-0.3, -0.25) is 9.59 Å². The molecule has 1 aliphatic rings. The lowest BCUT2D eigenvalue weighted by molar-refractivity contribution is -0.138. The molecule has 22 heavy (non-hydrogen) atoms. The number of hydrogen-bond acceptors (Lipinski definition) is 2. The molecule has 0 bridgehead atoms. The largest absolute Gasteiger partial charge is 0.481 e. The quantitative estimate of drug-likeness (QED) is 0.924. The van der Waals surface area contributed by atoms with Gasteiger partial charge in [-0.25, -0.2) is 4.39 Å². The fraction of sp³-hybridized carbons (Fsp3) is 0.125. The molecular weight excluding hydrogens is 309 g/mol. The van der Waals surface area contributed by atoms with E-state index in [1.54, 1.807) is 24.3 Å². The minimum Gasteiger partial charge on any atom is -0.481 e. The molecule has 4 nitrogen and oxygen atoms in total. The van der Waals surface area contributed by atoms with Crippen LogP contribution in [0.5, 0.6) is 0 Å². The molecule has 0 radical (unpaired) electrons. The molecule has 3 rings (SSSR count). The lowest BCUT2D eigenvalue weighted by Crippen LogP contribution is -2.31. The van der Waals surface area contributed by atoms with Crippen LogP contribution in [-0.4, -0.2) is 23.5 Å². The third-order valence-electron chi connectivity index (χ3n) is 3.69. The second-order valence-electron chi connectivity index (χ2n) is 4.97. The Bertz CT molecular complexity index is 778. The highest BCUT2D eigenvalue weighted by atomic mass is 35.5. The van der Waals surface area contributed by atoms with Gasteiger partial charge in [-0.15, -0.1) is 0 Å². The minimum atomic E-state index is -1.01. The van der Waals surface area contributed by atoms with Crippen LogP contribution in [0.15, 0.2) is 42.5 Å². The second kappa shape index (κ2) is 5.42. The molecule has 0 aliphatic carbocycles. The van der Waals surface area contributed by atoms with E-state index in [1.165, 1.54) is 17.0 Å². The first kappa shape index (κ1) is 14.5. The van der Waals surface area contributed by atoms with Gasteiger partial charge < -0.3 is 10.0 Å². The van der Waals surface area contributed by atoms with Crippen LogP contribution < -0.4 is 4.90 Å². The maximum atomic E-state index is 13.5. The van der Waals surface area contributed by atoms with Gasteiger partial charge in [-0.1, -0.05) is 35.9 Å². The summed E-state index contributed by atoms with van der Waals surface area (Å²) in [4.78, 5) is 25.3. The van der Waals surface area contributed by atoms with Gasteiger partial charge in [0.05, 0.1) is 10.6 Å². The van der Waals surface area contributed by atoms with E-state index in [0.29, 0.717) is 11.3 Å². The number of anilines is 1. The molecule has 0 saturated heterocycles. The summed E-state index contributed by atoms with van der Waals surface area (Å²) in [6, 6.07) is 10.8. The number of carboxylic acids is 1. The number of amides is 1. The molecule has 112 valence electrons. The van der Waals surface area contributed by atoms with Gasteiger partial charge >= 0.3 is 5.97 Å². The Morgan fingerprint density at radius 1 is 1.18 bits per heavy atom. The van der Waals surface area contributed by atoms with E-state index >= 15 is 0 Å². The van der Waals surface area contributed by atoms with Crippen LogP contribution >= 0.6 is 11.6 Å². The van der Waals surface area contributed by atoms with Crippen LogP contribution in [0.25, 0.3) is 0 Å². The fourth-order valence-electron chi connectivity index (χ4n) is 2.63. The lowest BCUT2D eigenvalue weighted by atomic mass is 10.0. The number of fused-ring (bicyclic) bond motifs is 1. The van der Waals surface area contributed by atoms with Crippen LogP contribution in [0.2, 0.25) is 5.02 Å². The first-order valence-electron chi connectivity index (χ1n) is 6.58. The summed E-state index contributed by atoms with van der Waals surface area (Å²) in [6.07, 6.45) is 0. The summed E-state index contributed by atoms with van der Waals surface area (Å²) in [5.41, 5.74) is 1.10. The highest BCUT2D eigenvalue weighted by Crippen LogP contribution is 2.37. The predicted molar refractivity (Wildman–Crippen MR) is 79.9 cm³/mol. The molecule has 0 spiro atoms. The summed E-state index contributed by atoms with van der Waals surface area (Å²) in [5, 5.41) is 9.04. The van der Waals surface area contributed by atoms with Gasteiger partial charge in [0.15, 0.2) is 0 Å². The zero-order valence-electron chi connectivity index (χ0n) is 11.3. The Kier molecular flexibility index (Phi) is 3.58. The van der Waals surface area contributed by atoms with Crippen LogP contribution in [0.4, 0.5) is 10.1 Å². The van der Waals surface area contributed by atoms with Gasteiger partial charge in [0.25, 0.3) is 5.91 Å². The molecule has 6 heteroatoms. The van der Waals surface area contributed by atoms with Crippen LogP contribution in [0, 0.1) is 5.82 Å². The van der Waals surface area contributed by atoms with Gasteiger partial charge in [-0.2, -0.15) is 0 Å². The molecule has 1 aliphatic heterocycles. The van der Waals surface area contributed by atoms with Gasteiger partial charge in [-0.05, 0) is 23.8 Å². The summed E-state index contributed by atoms with van der Waals surface area (Å²) in [6.45, 7) is 0.000353. The van der Waals surface area contributed by atoms with E-state index in [1.807, 2.05) is 0 Å². The number of benzene rings is 2. The van der Waals surface area contributed by atoms with Crippen molar-refractivity contribution in [3.8, 4) is 0 Å². The van der Waals surface area contributed by atoms with E-state index in [-0.39, 0.29) is 17.1 Å². The average molecular weight is 320 g/mol. The molecule has 1 atom stereocenters. The van der Waals surface area contributed by atoms with E-state index in [0.717, 1.165) is 6.07 Å². The highest BCUT2D eigenvalue weighted by Gasteiger charge is 2.37.